The van der Waals surface area contributed by atoms with E-state index in [0.717, 1.165) is 12.5 Å². The van der Waals surface area contributed by atoms with Crippen molar-refractivity contribution in [2.75, 3.05) is 27.4 Å². The van der Waals surface area contributed by atoms with E-state index in [1.165, 1.54) is 5.56 Å². The molecule has 0 N–H and O–H groups in total. The molecule has 0 aliphatic carbocycles. The summed E-state index contributed by atoms with van der Waals surface area (Å²) in [4.78, 5) is 10.9. The van der Waals surface area contributed by atoms with Crippen LogP contribution in [0.4, 0.5) is 0 Å². The molecule has 0 bridgehead atoms. The van der Waals surface area contributed by atoms with Gasteiger partial charge in [0.25, 0.3) is 0 Å². The molecule has 6 heteroatoms. The Hall–Kier alpha value is -1.47. The molecular weight excluding hydrogens is 288 g/mol. The highest BCUT2D eigenvalue weighted by Gasteiger charge is 2.38. The molecule has 0 saturated carbocycles. The van der Waals surface area contributed by atoms with E-state index in [0.29, 0.717) is 6.04 Å². The van der Waals surface area contributed by atoms with Gasteiger partial charge < -0.3 is 18.0 Å². The molecule has 1 rings (SSSR count). The summed E-state index contributed by atoms with van der Waals surface area (Å²) >= 11 is 0. The SMILES string of the molecule is C=CC(=O)OCCO[Si](CCc1ccccc1)(OC)OC. The molecule has 21 heavy (non-hydrogen) atoms. The largest absolute Gasteiger partial charge is 0.500 e. The summed E-state index contributed by atoms with van der Waals surface area (Å²) in [5.74, 6) is -0.468. The number of carbonyl (C=O) groups excluding carboxylic acids is 1. The fourth-order valence-corrected chi connectivity index (χ4v) is 3.76. The minimum Gasteiger partial charge on any atom is -0.460 e. The molecular formula is C15H22O5Si. The van der Waals surface area contributed by atoms with Crippen LogP contribution in [0, 0.1) is 0 Å². The molecule has 0 atom stereocenters. The lowest BCUT2D eigenvalue weighted by atomic mass is 10.2. The fourth-order valence-electron chi connectivity index (χ4n) is 1.82. The van der Waals surface area contributed by atoms with Crippen LogP contribution in [0.3, 0.4) is 0 Å². The van der Waals surface area contributed by atoms with E-state index in [1.54, 1.807) is 14.2 Å². The van der Waals surface area contributed by atoms with Gasteiger partial charge in [0.2, 0.25) is 0 Å². The fraction of sp³-hybridized carbons (Fsp3) is 0.400. The summed E-state index contributed by atoms with van der Waals surface area (Å²) in [7, 11) is 0.434. The van der Waals surface area contributed by atoms with Crippen LogP contribution in [0.15, 0.2) is 43.0 Å². The lowest BCUT2D eigenvalue weighted by molar-refractivity contribution is -0.138. The molecule has 0 heterocycles. The lowest BCUT2D eigenvalue weighted by Crippen LogP contribution is -2.45. The first-order chi connectivity index (χ1) is 10.2. The third-order valence-electron chi connectivity index (χ3n) is 3.00. The van der Waals surface area contributed by atoms with Gasteiger partial charge in [-0.3, -0.25) is 0 Å². The van der Waals surface area contributed by atoms with Crippen molar-refractivity contribution in [1.82, 2.24) is 0 Å². The van der Waals surface area contributed by atoms with Gasteiger partial charge in [-0.15, -0.1) is 0 Å². The molecule has 5 nitrogen and oxygen atoms in total. The minimum atomic E-state index is -2.73. The van der Waals surface area contributed by atoms with Crippen LogP contribution >= 0.6 is 0 Å². The van der Waals surface area contributed by atoms with Crippen molar-refractivity contribution >= 4 is 14.8 Å². The molecule has 0 aromatic heterocycles. The van der Waals surface area contributed by atoms with E-state index in [1.807, 2.05) is 18.2 Å². The maximum Gasteiger partial charge on any atom is 0.500 e. The van der Waals surface area contributed by atoms with Crippen LogP contribution in [0.5, 0.6) is 0 Å². The Morgan fingerprint density at radius 2 is 1.86 bits per heavy atom. The Kier molecular flexibility index (Phi) is 7.92. The number of aryl methyl sites for hydroxylation is 1. The Morgan fingerprint density at radius 1 is 1.19 bits per heavy atom. The van der Waals surface area contributed by atoms with E-state index < -0.39 is 14.8 Å². The average molecular weight is 310 g/mol. The second kappa shape index (κ2) is 9.46. The Bertz CT molecular complexity index is 431. The van der Waals surface area contributed by atoms with Gasteiger partial charge in [-0.2, -0.15) is 0 Å². The van der Waals surface area contributed by atoms with Gasteiger partial charge in [-0.1, -0.05) is 36.9 Å². The van der Waals surface area contributed by atoms with E-state index in [2.05, 4.69) is 18.7 Å². The monoisotopic (exact) mass is 310 g/mol. The molecule has 0 aliphatic rings. The topological polar surface area (TPSA) is 54.0 Å². The average Bonchev–Trinajstić information content (AvgIpc) is 2.55. The molecule has 0 unspecified atom stereocenters. The number of carbonyl (C=O) groups is 1. The van der Waals surface area contributed by atoms with Gasteiger partial charge >= 0.3 is 14.8 Å². The third-order valence-corrected chi connectivity index (χ3v) is 5.75. The summed E-state index contributed by atoms with van der Waals surface area (Å²) in [6.45, 7) is 3.72. The van der Waals surface area contributed by atoms with Gasteiger partial charge in [0, 0.05) is 26.3 Å². The van der Waals surface area contributed by atoms with Crippen molar-refractivity contribution < 1.29 is 22.8 Å². The van der Waals surface area contributed by atoms with Crippen LogP contribution in [-0.4, -0.2) is 42.2 Å². The van der Waals surface area contributed by atoms with Gasteiger partial charge in [-0.25, -0.2) is 4.79 Å². The van der Waals surface area contributed by atoms with E-state index in [9.17, 15) is 4.79 Å². The van der Waals surface area contributed by atoms with E-state index >= 15 is 0 Å². The smallest absolute Gasteiger partial charge is 0.460 e. The molecule has 116 valence electrons. The number of hydrogen-bond acceptors (Lipinski definition) is 5. The van der Waals surface area contributed by atoms with Crippen molar-refractivity contribution in [3.05, 3.63) is 48.6 Å². The van der Waals surface area contributed by atoms with Gasteiger partial charge in [0.05, 0.1) is 6.61 Å². The zero-order chi connectivity index (χ0) is 15.6. The Labute approximate surface area is 126 Å². The number of benzene rings is 1. The van der Waals surface area contributed by atoms with Crippen molar-refractivity contribution in [2.45, 2.75) is 12.5 Å². The maximum absolute atomic E-state index is 10.9. The number of hydrogen-bond donors (Lipinski definition) is 0. The van der Waals surface area contributed by atoms with E-state index in [4.69, 9.17) is 18.0 Å². The molecule has 0 aliphatic heterocycles. The maximum atomic E-state index is 10.9. The predicted molar refractivity (Wildman–Crippen MR) is 81.8 cm³/mol. The standard InChI is InChI=1S/C15H22O5Si/c1-4-15(16)19-11-12-20-21(17-2,18-3)13-10-14-8-6-5-7-9-14/h4-9H,1,10-13H2,2-3H3. The van der Waals surface area contributed by atoms with Crippen molar-refractivity contribution in [1.29, 1.82) is 0 Å². The molecule has 0 saturated heterocycles. The summed E-state index contributed by atoms with van der Waals surface area (Å²) in [5, 5.41) is 0. The minimum absolute atomic E-state index is 0.150. The zero-order valence-corrected chi connectivity index (χ0v) is 13.5. The first kappa shape index (κ1) is 17.6. The van der Waals surface area contributed by atoms with Crippen LogP contribution in [-0.2, 0) is 29.2 Å². The molecule has 0 fully saturated rings. The summed E-state index contributed by atoms with van der Waals surface area (Å²) < 4.78 is 21.5. The van der Waals surface area contributed by atoms with Crippen LogP contribution in [0.2, 0.25) is 6.04 Å². The Balaban J connectivity index is 2.45. The first-order valence-corrected chi connectivity index (χ1v) is 8.66. The number of ether oxygens (including phenoxy) is 1. The molecule has 0 spiro atoms. The van der Waals surface area contributed by atoms with Crippen molar-refractivity contribution in [3.8, 4) is 0 Å². The second-order valence-corrected chi connectivity index (χ2v) is 7.27. The predicted octanol–water partition coefficient (Wildman–Crippen LogP) is 2.21. The van der Waals surface area contributed by atoms with Crippen molar-refractivity contribution in [2.24, 2.45) is 0 Å². The highest BCUT2D eigenvalue weighted by Crippen LogP contribution is 2.17. The number of esters is 1. The van der Waals surface area contributed by atoms with Crippen LogP contribution < -0.4 is 0 Å². The molecule has 1 aromatic rings. The second-order valence-electron chi connectivity index (χ2n) is 4.30. The third kappa shape index (κ3) is 6.22. The normalized spacial score (nSPS) is 11.1. The van der Waals surface area contributed by atoms with E-state index in [-0.39, 0.29) is 13.2 Å². The molecule has 1 aromatic carbocycles. The van der Waals surface area contributed by atoms with Crippen LogP contribution in [0.25, 0.3) is 0 Å². The highest BCUT2D eigenvalue weighted by atomic mass is 28.4. The van der Waals surface area contributed by atoms with Gasteiger partial charge in [0.15, 0.2) is 0 Å². The lowest BCUT2D eigenvalue weighted by Gasteiger charge is -2.26. The number of rotatable bonds is 10. The highest BCUT2D eigenvalue weighted by molar-refractivity contribution is 6.60. The summed E-state index contributed by atoms with van der Waals surface area (Å²) in [5.41, 5.74) is 1.20. The quantitative estimate of drug-likeness (QED) is 0.287. The summed E-state index contributed by atoms with van der Waals surface area (Å²) in [6, 6.07) is 10.7. The first-order valence-electron chi connectivity index (χ1n) is 6.73. The summed E-state index contributed by atoms with van der Waals surface area (Å²) in [6.07, 6.45) is 1.92. The molecule has 0 radical (unpaired) electrons. The Morgan fingerprint density at radius 3 is 2.43 bits per heavy atom. The van der Waals surface area contributed by atoms with Gasteiger partial charge in [0.1, 0.15) is 6.61 Å². The zero-order valence-electron chi connectivity index (χ0n) is 12.5. The van der Waals surface area contributed by atoms with Crippen LogP contribution in [0.1, 0.15) is 5.56 Å². The molecule has 0 amide bonds. The van der Waals surface area contributed by atoms with Crippen molar-refractivity contribution in [3.63, 3.8) is 0 Å². The van der Waals surface area contributed by atoms with Gasteiger partial charge in [-0.05, 0) is 12.0 Å².